The molecule has 14 heteroatoms. The topological polar surface area (TPSA) is 80.0 Å². The lowest BCUT2D eigenvalue weighted by molar-refractivity contribution is -0.145. The predicted octanol–water partition coefficient (Wildman–Crippen LogP) is 5.36. The summed E-state index contributed by atoms with van der Waals surface area (Å²) in [5.74, 6) is -4.41. The molecule has 5 rings (SSSR count). The molecule has 0 bridgehead atoms. The van der Waals surface area contributed by atoms with Crippen LogP contribution in [-0.4, -0.2) is 62.5 Å². The maximum Gasteiger partial charge on any atom is 0.436 e. The lowest BCUT2D eigenvalue weighted by Crippen LogP contribution is -2.57. The van der Waals surface area contributed by atoms with Gasteiger partial charge in [0.05, 0.1) is 13.3 Å². The third-order valence-electron chi connectivity index (χ3n) is 7.21. The zero-order valence-corrected chi connectivity index (χ0v) is 22.8. The van der Waals surface area contributed by atoms with Crippen molar-refractivity contribution in [3.63, 3.8) is 0 Å². The number of aromatic nitrogens is 3. The molecule has 0 spiro atoms. The van der Waals surface area contributed by atoms with E-state index in [1.165, 1.54) is 49.3 Å². The first-order valence-electron chi connectivity index (χ1n) is 12.8. The third kappa shape index (κ3) is 5.28. The van der Waals surface area contributed by atoms with Crippen molar-refractivity contribution in [2.45, 2.75) is 25.7 Å². The number of ether oxygens (including phenoxy) is 1. The van der Waals surface area contributed by atoms with Gasteiger partial charge in [0.1, 0.15) is 34.7 Å². The van der Waals surface area contributed by atoms with E-state index in [2.05, 4.69) is 16.7 Å². The number of nitrogens with zero attached hydrogens (tertiary/aromatic N) is 5. The summed E-state index contributed by atoms with van der Waals surface area (Å²) < 4.78 is 90.8. The molecule has 0 aliphatic carbocycles. The predicted molar refractivity (Wildman–Crippen MR) is 142 cm³/mol. The van der Waals surface area contributed by atoms with Gasteiger partial charge in [-0.1, -0.05) is 12.7 Å². The van der Waals surface area contributed by atoms with Crippen LogP contribution in [0, 0.1) is 17.5 Å². The van der Waals surface area contributed by atoms with Gasteiger partial charge in [-0.3, -0.25) is 9.59 Å². The van der Waals surface area contributed by atoms with Crippen molar-refractivity contribution in [1.29, 1.82) is 0 Å². The second-order valence-electron chi connectivity index (χ2n) is 9.74. The summed E-state index contributed by atoms with van der Waals surface area (Å²) in [5, 5.41) is 3.63. The molecule has 0 unspecified atom stereocenters. The molecule has 43 heavy (non-hydrogen) atoms. The fourth-order valence-electron chi connectivity index (χ4n) is 5.03. The fourth-order valence-corrected chi connectivity index (χ4v) is 5.03. The molecule has 2 aromatic carbocycles. The van der Waals surface area contributed by atoms with E-state index in [1.54, 1.807) is 0 Å². The lowest BCUT2D eigenvalue weighted by Gasteiger charge is -2.39. The van der Waals surface area contributed by atoms with E-state index >= 15 is 4.39 Å². The van der Waals surface area contributed by atoms with Crippen LogP contribution in [0.5, 0.6) is 5.75 Å². The van der Waals surface area contributed by atoms with Gasteiger partial charge >= 0.3 is 6.18 Å². The number of methoxy groups -OCH3 is 1. The van der Waals surface area contributed by atoms with Gasteiger partial charge in [-0.25, -0.2) is 22.7 Å². The quantitative estimate of drug-likeness (QED) is 0.278. The normalized spacial score (nSPS) is 15.7. The summed E-state index contributed by atoms with van der Waals surface area (Å²) in [5.41, 5.74) is -3.16. The molecular weight excluding hydrogens is 580 g/mol. The number of alkyl halides is 3. The van der Waals surface area contributed by atoms with Crippen molar-refractivity contribution in [1.82, 2.24) is 24.4 Å². The van der Waals surface area contributed by atoms with Gasteiger partial charge in [0, 0.05) is 36.8 Å². The maximum absolute atomic E-state index is 15.3. The first-order chi connectivity index (χ1) is 20.3. The summed E-state index contributed by atoms with van der Waals surface area (Å²) in [6.45, 7) is 4.66. The SMILES string of the molecule is C=Cc1c(F)cc(F)cc1CN1CCN(C(=O)c2cnn3c(C(F)(F)F)c(F)c(-c4ccc(OC)cc4)nc23)[C@H](C)C1=O. The molecule has 8 nitrogen and oxygen atoms in total. The number of hydrogen-bond acceptors (Lipinski definition) is 5. The number of piperazine rings is 1. The van der Waals surface area contributed by atoms with Crippen LogP contribution in [-0.2, 0) is 17.5 Å². The van der Waals surface area contributed by atoms with E-state index in [4.69, 9.17) is 4.74 Å². The van der Waals surface area contributed by atoms with Crippen molar-refractivity contribution in [2.24, 2.45) is 0 Å². The molecule has 1 aliphatic heterocycles. The molecule has 224 valence electrons. The molecule has 0 saturated carbocycles. The van der Waals surface area contributed by atoms with Crippen LogP contribution in [0.4, 0.5) is 26.3 Å². The molecule has 2 aromatic heterocycles. The smallest absolute Gasteiger partial charge is 0.436 e. The molecule has 1 aliphatic rings. The zero-order valence-electron chi connectivity index (χ0n) is 22.8. The van der Waals surface area contributed by atoms with E-state index in [0.29, 0.717) is 11.8 Å². The number of hydrogen-bond donors (Lipinski definition) is 0. The Kier molecular flexibility index (Phi) is 7.63. The van der Waals surface area contributed by atoms with Crippen LogP contribution in [0.3, 0.4) is 0 Å². The molecule has 0 radical (unpaired) electrons. The highest BCUT2D eigenvalue weighted by Crippen LogP contribution is 2.36. The molecule has 1 fully saturated rings. The lowest BCUT2D eigenvalue weighted by atomic mass is 10.0. The first kappa shape index (κ1) is 29.6. The Bertz CT molecular complexity index is 1750. The average molecular weight is 604 g/mol. The van der Waals surface area contributed by atoms with E-state index in [9.17, 15) is 31.5 Å². The molecule has 4 aromatic rings. The number of carbonyl (C=O) groups is 2. The van der Waals surface area contributed by atoms with Crippen molar-refractivity contribution in [3.8, 4) is 17.0 Å². The summed E-state index contributed by atoms with van der Waals surface area (Å²) in [6.07, 6.45) is -3.16. The summed E-state index contributed by atoms with van der Waals surface area (Å²) in [4.78, 5) is 33.4. The van der Waals surface area contributed by atoms with Crippen LogP contribution < -0.4 is 4.74 Å². The maximum atomic E-state index is 15.3. The Morgan fingerprint density at radius 2 is 1.84 bits per heavy atom. The third-order valence-corrected chi connectivity index (χ3v) is 7.21. The van der Waals surface area contributed by atoms with Gasteiger partial charge < -0.3 is 14.5 Å². The van der Waals surface area contributed by atoms with Gasteiger partial charge in [-0.15, -0.1) is 0 Å². The number of rotatable bonds is 6. The van der Waals surface area contributed by atoms with E-state index < -0.39 is 58.5 Å². The van der Waals surface area contributed by atoms with Gasteiger partial charge in [0.2, 0.25) is 5.91 Å². The monoisotopic (exact) mass is 603 g/mol. The van der Waals surface area contributed by atoms with Gasteiger partial charge in [-0.2, -0.15) is 18.3 Å². The van der Waals surface area contributed by atoms with E-state index in [0.717, 1.165) is 17.2 Å². The molecule has 3 heterocycles. The molecule has 1 saturated heterocycles. The highest BCUT2D eigenvalue weighted by molar-refractivity contribution is 6.02. The summed E-state index contributed by atoms with van der Waals surface area (Å²) >= 11 is 0. The summed E-state index contributed by atoms with van der Waals surface area (Å²) in [7, 11) is 1.39. The molecule has 0 N–H and O–H groups in total. The van der Waals surface area contributed by atoms with E-state index in [1.807, 2.05) is 0 Å². The van der Waals surface area contributed by atoms with Crippen molar-refractivity contribution in [2.75, 3.05) is 20.2 Å². The Hall–Kier alpha value is -4.88. The van der Waals surface area contributed by atoms with Crippen molar-refractivity contribution >= 4 is 23.5 Å². The van der Waals surface area contributed by atoms with Crippen LogP contribution >= 0.6 is 0 Å². The first-order valence-corrected chi connectivity index (χ1v) is 12.8. The minimum atomic E-state index is -5.20. The summed E-state index contributed by atoms with van der Waals surface area (Å²) in [6, 6.07) is 6.14. The molecule has 2 amide bonds. The number of halogens is 6. The second-order valence-corrected chi connectivity index (χ2v) is 9.74. The highest BCUT2D eigenvalue weighted by atomic mass is 19.4. The van der Waals surface area contributed by atoms with Gasteiger partial charge in [0.15, 0.2) is 17.2 Å². The molecule has 1 atom stereocenters. The second kappa shape index (κ2) is 11.1. The van der Waals surface area contributed by atoms with Crippen LogP contribution in [0.25, 0.3) is 23.0 Å². The zero-order chi connectivity index (χ0) is 31.2. The number of benzene rings is 2. The van der Waals surface area contributed by atoms with Crippen LogP contribution in [0.1, 0.15) is 34.1 Å². The van der Waals surface area contributed by atoms with Crippen LogP contribution in [0.15, 0.2) is 49.2 Å². The van der Waals surface area contributed by atoms with Crippen LogP contribution in [0.2, 0.25) is 0 Å². The number of fused-ring (bicyclic) bond motifs is 1. The number of carbonyl (C=O) groups excluding carboxylic acids is 2. The van der Waals surface area contributed by atoms with Crippen molar-refractivity contribution < 1.29 is 40.7 Å². The Morgan fingerprint density at radius 1 is 1.14 bits per heavy atom. The van der Waals surface area contributed by atoms with E-state index in [-0.39, 0.29) is 46.4 Å². The Labute approximate surface area is 240 Å². The minimum Gasteiger partial charge on any atom is -0.497 e. The number of amides is 2. The highest BCUT2D eigenvalue weighted by Gasteiger charge is 2.42. The Balaban J connectivity index is 1.49. The van der Waals surface area contributed by atoms with Gasteiger partial charge in [-0.05, 0) is 42.8 Å². The average Bonchev–Trinajstić information content (AvgIpc) is 3.37. The fraction of sp³-hybridized carbons (Fsp3) is 0.241. The standard InChI is InChI=1S/C29H23F6N5O3/c1-4-20-17(11-18(30)12-22(20)31)14-38-9-10-39(15(2)27(38)41)28(42)21-13-36-40-25(29(33,34)35)23(32)24(37-26(21)40)16-5-7-19(43-3)8-6-16/h4-8,11-13,15H,1,9-10,14H2,2-3H3/t15-/m1/s1. The van der Waals surface area contributed by atoms with Crippen molar-refractivity contribution in [3.05, 3.63) is 89.0 Å². The molecular formula is C29H23F6N5O3. The largest absolute Gasteiger partial charge is 0.497 e. The van der Waals surface area contributed by atoms with Gasteiger partial charge in [0.25, 0.3) is 5.91 Å². The Morgan fingerprint density at radius 3 is 2.47 bits per heavy atom. The minimum absolute atomic E-state index is 0.00395.